The lowest BCUT2D eigenvalue weighted by molar-refractivity contribution is 0.666. The number of aryl methyl sites for hydroxylation is 6. The summed E-state index contributed by atoms with van der Waals surface area (Å²) < 4.78 is 18.2. The largest absolute Gasteiger partial charge is 0.452 e. The van der Waals surface area contributed by atoms with E-state index in [4.69, 9.17) is 18.2 Å². The van der Waals surface area contributed by atoms with Gasteiger partial charge in [-0.2, -0.15) is 0 Å². The number of benzene rings is 16. The molecular formula is C120H88N10O3. The molecule has 0 aliphatic carbocycles. The van der Waals surface area contributed by atoms with E-state index in [9.17, 15) is 0 Å². The van der Waals surface area contributed by atoms with Crippen molar-refractivity contribution in [3.05, 3.63) is 459 Å². The second-order valence-corrected chi connectivity index (χ2v) is 32.6. The first-order valence-corrected chi connectivity index (χ1v) is 44.4. The molecule has 0 fully saturated rings. The predicted molar refractivity (Wildman–Crippen MR) is 546 cm³/mol. The van der Waals surface area contributed by atoms with Crippen molar-refractivity contribution in [2.24, 2.45) is 0 Å². The molecule has 0 amide bonds. The van der Waals surface area contributed by atoms with Gasteiger partial charge in [0.1, 0.15) is 73.7 Å². The van der Waals surface area contributed by atoms with Crippen molar-refractivity contribution in [2.45, 2.75) is 41.5 Å². The Morgan fingerprint density at radius 2 is 0.451 bits per heavy atom. The molecule has 0 radical (unpaired) electrons. The molecule has 0 aliphatic rings. The molecule has 0 saturated heterocycles. The zero-order valence-corrected chi connectivity index (χ0v) is 74.1. The van der Waals surface area contributed by atoms with Gasteiger partial charge in [0.05, 0.1) is 22.2 Å². The van der Waals surface area contributed by atoms with Crippen LogP contribution in [0.25, 0.3) is 210 Å². The lowest BCUT2D eigenvalue weighted by Crippen LogP contribution is -1.94. The fraction of sp³-hybridized carbons (Fsp3) is 0.0500. The van der Waals surface area contributed by atoms with Crippen molar-refractivity contribution < 1.29 is 13.3 Å². The van der Waals surface area contributed by atoms with Crippen LogP contribution < -0.4 is 0 Å². The Bertz CT molecular complexity index is 8510. The summed E-state index contributed by atoms with van der Waals surface area (Å²) in [5.74, 6) is 3.04. The molecule has 0 saturated carbocycles. The van der Waals surface area contributed by atoms with Crippen LogP contribution in [-0.2, 0) is 0 Å². The van der Waals surface area contributed by atoms with Crippen LogP contribution in [0.4, 0.5) is 0 Å². The minimum atomic E-state index is 0.738. The number of para-hydroxylation sites is 5. The smallest absolute Gasteiger partial charge is 0.180 e. The van der Waals surface area contributed by atoms with E-state index >= 15 is 0 Å². The van der Waals surface area contributed by atoms with E-state index in [-0.39, 0.29) is 0 Å². The first kappa shape index (κ1) is 83.8. The molecule has 25 aromatic rings. The summed E-state index contributed by atoms with van der Waals surface area (Å²) in [5.41, 5.74) is 32.5. The minimum Gasteiger partial charge on any atom is -0.452 e. The Morgan fingerprint density at radius 3 is 0.895 bits per heavy atom. The number of aromatic nitrogens is 10. The van der Waals surface area contributed by atoms with Crippen LogP contribution >= 0.6 is 0 Å². The zero-order valence-electron chi connectivity index (χ0n) is 74.1. The molecule has 636 valence electrons. The number of pyridine rings is 2. The van der Waals surface area contributed by atoms with Crippen molar-refractivity contribution in [1.29, 1.82) is 0 Å². The van der Waals surface area contributed by atoms with Crippen LogP contribution in [0.1, 0.15) is 34.7 Å². The van der Waals surface area contributed by atoms with Gasteiger partial charge < -0.3 is 13.3 Å². The topological polar surface area (TPSA) is 168 Å². The van der Waals surface area contributed by atoms with Crippen LogP contribution in [0.3, 0.4) is 0 Å². The maximum atomic E-state index is 6.11. The Hall–Kier alpha value is -17.4. The molecule has 13 heteroatoms. The van der Waals surface area contributed by atoms with E-state index in [1.807, 2.05) is 204 Å². The highest BCUT2D eigenvalue weighted by molar-refractivity contribution is 6.11. The summed E-state index contributed by atoms with van der Waals surface area (Å²) in [4.78, 5) is 46.3. The van der Waals surface area contributed by atoms with E-state index in [1.165, 1.54) is 71.6 Å². The molecule has 13 nitrogen and oxygen atoms in total. The Balaban J connectivity index is 0.0000000998. The van der Waals surface area contributed by atoms with Crippen LogP contribution in [0, 0.1) is 41.5 Å². The van der Waals surface area contributed by atoms with Gasteiger partial charge in [-0.25, -0.2) is 39.9 Å². The SMILES string of the molecule is Cc1cc(-c2cccc(-c3ccccc3)c2)c2ccccc2n1.Cc1cc(-c2ccccc2)c2ccccc2n1.Cc1nc(-c2ccc(-c3ccccc3)cc2)c2oc3ccccc3c2n1.Cc1nc(-c2cccc(-c3ccccc3)c2)c2oc3ccccc3c2n1.Cc1nc(-c2ccccc2)c2ccc3ccccc3c2n1.Cc1nc(-c2ccccc2)c2oc3ccccc3c2n1. The van der Waals surface area contributed by atoms with Crippen molar-refractivity contribution in [3.8, 4) is 101 Å². The highest BCUT2D eigenvalue weighted by Crippen LogP contribution is 2.41. The average molecular weight is 1720 g/mol. The number of rotatable bonds is 9. The number of furan rings is 3. The molecule has 0 bridgehead atoms. The number of hydrogen-bond donors (Lipinski definition) is 0. The quantitative estimate of drug-likeness (QED) is 0.125. The molecule has 0 aliphatic heterocycles. The Morgan fingerprint density at radius 1 is 0.165 bits per heavy atom. The molecular weight excluding hydrogens is 1630 g/mol. The van der Waals surface area contributed by atoms with Crippen LogP contribution in [0.2, 0.25) is 0 Å². The molecule has 0 spiro atoms. The summed E-state index contributed by atoms with van der Waals surface area (Å²) in [7, 11) is 0. The summed E-state index contributed by atoms with van der Waals surface area (Å²) in [6.45, 7) is 11.8. The lowest BCUT2D eigenvalue weighted by Gasteiger charge is -2.10. The normalized spacial score (nSPS) is 11.1. The molecule has 16 aromatic carbocycles. The molecule has 133 heavy (non-hydrogen) atoms. The standard InChI is InChI=1S/2C23H16N2O.C22H17N.C19H14N2.C17H12N2O.C16H13N/c1-15-24-21(23-22(25-15)19-12-5-6-13-20(19)26-23)18-11-7-10-17(14-18)16-8-3-2-4-9-16;1-15-24-21(23-22(25-15)19-9-5-6-10-20(19)26-23)18-13-11-17(12-14-18)16-7-3-2-4-8-16;1-16-14-21(20-12-5-6-13-22(20)23-16)19-11-7-10-18(15-19)17-8-3-2-4-9-17;1-13-20-18(15-8-3-2-4-9-15)17-12-11-14-7-5-6-10-16(14)19(17)21-13;1-11-18-15(12-7-3-2-4-8-12)17-16(19-11)13-9-5-6-10-14(13)20-17;1-12-11-15(13-7-3-2-4-8-13)14-9-5-6-10-16(14)17-12/h2*2-14H,1H3;2-15H,1H3;2-12H,1H3;2-10H,1H3;2-11H,1H3. The van der Waals surface area contributed by atoms with Crippen molar-refractivity contribution in [1.82, 2.24) is 49.8 Å². The molecule has 9 aromatic heterocycles. The van der Waals surface area contributed by atoms with Gasteiger partial charge >= 0.3 is 0 Å². The molecule has 0 N–H and O–H groups in total. The van der Waals surface area contributed by atoms with E-state index in [0.29, 0.717) is 0 Å². The van der Waals surface area contributed by atoms with Gasteiger partial charge in [-0.1, -0.05) is 346 Å². The summed E-state index contributed by atoms with van der Waals surface area (Å²) in [5, 5.41) is 8.98. The lowest BCUT2D eigenvalue weighted by atomic mass is 9.96. The third kappa shape index (κ3) is 18.1. The van der Waals surface area contributed by atoms with Crippen LogP contribution in [0.15, 0.2) is 438 Å². The number of nitrogens with zero attached hydrogens (tertiary/aromatic N) is 10. The van der Waals surface area contributed by atoms with E-state index < -0.39 is 0 Å². The fourth-order valence-corrected chi connectivity index (χ4v) is 17.2. The van der Waals surface area contributed by atoms with Gasteiger partial charge in [0.2, 0.25) is 0 Å². The van der Waals surface area contributed by atoms with Gasteiger partial charge in [-0.3, -0.25) is 9.97 Å². The number of fused-ring (bicyclic) bond motifs is 14. The second-order valence-electron chi connectivity index (χ2n) is 32.6. The Labute approximate surface area is 769 Å². The number of hydrogen-bond acceptors (Lipinski definition) is 13. The molecule has 0 unspecified atom stereocenters. The maximum absolute atomic E-state index is 6.11. The summed E-state index contributed by atoms with van der Waals surface area (Å²) in [6.07, 6.45) is 0. The Kier molecular flexibility index (Phi) is 23.9. The van der Waals surface area contributed by atoms with Gasteiger partial charge in [0.15, 0.2) is 16.7 Å². The summed E-state index contributed by atoms with van der Waals surface area (Å²) >= 11 is 0. The van der Waals surface area contributed by atoms with Gasteiger partial charge in [-0.15, -0.1) is 0 Å². The summed E-state index contributed by atoms with van der Waals surface area (Å²) in [6, 6.07) is 145. The minimum absolute atomic E-state index is 0.738. The van der Waals surface area contributed by atoms with E-state index in [2.05, 4.69) is 307 Å². The van der Waals surface area contributed by atoms with Crippen LogP contribution in [-0.4, -0.2) is 49.8 Å². The first-order valence-electron chi connectivity index (χ1n) is 44.4. The monoisotopic (exact) mass is 1720 g/mol. The average Bonchev–Trinajstić information content (AvgIpc) is 1.70. The molecule has 25 rings (SSSR count). The first-order chi connectivity index (χ1) is 65.4. The fourth-order valence-electron chi connectivity index (χ4n) is 17.2. The van der Waals surface area contributed by atoms with Crippen molar-refractivity contribution in [3.63, 3.8) is 0 Å². The van der Waals surface area contributed by atoms with E-state index in [1.54, 1.807) is 0 Å². The highest BCUT2D eigenvalue weighted by atomic mass is 16.3. The van der Waals surface area contributed by atoms with Gasteiger partial charge in [-0.05, 0) is 181 Å². The third-order valence-corrected chi connectivity index (χ3v) is 23.4. The molecule has 0 atom stereocenters. The highest BCUT2D eigenvalue weighted by Gasteiger charge is 2.21. The second kappa shape index (κ2) is 37.9. The van der Waals surface area contributed by atoms with Crippen molar-refractivity contribution >= 4 is 110 Å². The predicted octanol–water partition coefficient (Wildman–Crippen LogP) is 31.2. The third-order valence-electron chi connectivity index (χ3n) is 23.4. The maximum Gasteiger partial charge on any atom is 0.180 e. The van der Waals surface area contributed by atoms with Gasteiger partial charge in [0.25, 0.3) is 0 Å². The van der Waals surface area contributed by atoms with E-state index in [0.717, 1.165) is 173 Å². The van der Waals surface area contributed by atoms with Crippen LogP contribution in [0.5, 0.6) is 0 Å². The van der Waals surface area contributed by atoms with Gasteiger partial charge in [0, 0.05) is 71.3 Å². The zero-order chi connectivity index (χ0) is 90.1. The molecule has 9 heterocycles. The van der Waals surface area contributed by atoms with Crippen molar-refractivity contribution in [2.75, 3.05) is 0 Å².